The van der Waals surface area contributed by atoms with E-state index < -0.39 is 0 Å². The first kappa shape index (κ1) is 13.9. The molecule has 100 valence electrons. The van der Waals surface area contributed by atoms with Crippen molar-refractivity contribution < 1.29 is 4.79 Å². The number of rotatable bonds is 5. The summed E-state index contributed by atoms with van der Waals surface area (Å²) < 4.78 is 0. The Hall–Kier alpha value is -1.53. The molecule has 1 atom stereocenters. The molecular formula is C13H15N3OS2. The predicted molar refractivity (Wildman–Crippen MR) is 80.3 cm³/mol. The minimum absolute atomic E-state index is 0.00419. The highest BCUT2D eigenvalue weighted by Gasteiger charge is 2.10. The Morgan fingerprint density at radius 2 is 2.37 bits per heavy atom. The maximum absolute atomic E-state index is 11.8. The number of aromatic nitrogens is 1. The van der Waals surface area contributed by atoms with Crippen molar-refractivity contribution in [1.29, 1.82) is 0 Å². The number of thioether (sulfide) groups is 1. The Bertz CT molecular complexity index is 525. The lowest BCUT2D eigenvalue weighted by atomic mass is 10.3. The fourth-order valence-electron chi connectivity index (χ4n) is 1.51. The third kappa shape index (κ3) is 4.25. The molecule has 2 aromatic heterocycles. The van der Waals surface area contributed by atoms with Gasteiger partial charge in [-0.3, -0.25) is 4.79 Å². The average Bonchev–Trinajstić information content (AvgIpc) is 2.92. The van der Waals surface area contributed by atoms with E-state index in [9.17, 15) is 4.79 Å². The second-order valence-corrected chi connectivity index (χ2v) is 6.00. The first-order valence-electron chi connectivity index (χ1n) is 5.82. The molecule has 2 aromatic rings. The zero-order valence-corrected chi connectivity index (χ0v) is 12.1. The van der Waals surface area contributed by atoms with Crippen molar-refractivity contribution in [2.75, 3.05) is 11.5 Å². The van der Waals surface area contributed by atoms with E-state index in [1.165, 1.54) is 11.8 Å². The molecule has 0 saturated heterocycles. The second kappa shape index (κ2) is 6.58. The maximum atomic E-state index is 11.8. The van der Waals surface area contributed by atoms with E-state index in [1.54, 1.807) is 23.6 Å². The van der Waals surface area contributed by atoms with Gasteiger partial charge in [-0.25, -0.2) is 4.98 Å². The van der Waals surface area contributed by atoms with Crippen LogP contribution in [0.2, 0.25) is 0 Å². The number of hydrogen-bond acceptors (Lipinski definition) is 5. The van der Waals surface area contributed by atoms with Crippen LogP contribution in [0.4, 0.5) is 5.69 Å². The molecule has 0 aliphatic carbocycles. The maximum Gasteiger partial charge on any atom is 0.230 e. The number of nitrogen functional groups attached to an aromatic ring is 1. The van der Waals surface area contributed by atoms with E-state index in [2.05, 4.69) is 10.3 Å². The van der Waals surface area contributed by atoms with Gasteiger partial charge in [-0.1, -0.05) is 17.8 Å². The summed E-state index contributed by atoms with van der Waals surface area (Å²) in [6.07, 6.45) is 1.59. The lowest BCUT2D eigenvalue weighted by Gasteiger charge is -2.11. The highest BCUT2D eigenvalue weighted by atomic mass is 32.2. The molecule has 0 saturated carbocycles. The van der Waals surface area contributed by atoms with Crippen molar-refractivity contribution >= 4 is 34.7 Å². The lowest BCUT2D eigenvalue weighted by molar-refractivity contribution is -0.119. The number of carbonyl (C=O) groups is 1. The van der Waals surface area contributed by atoms with Crippen LogP contribution in [-0.2, 0) is 4.79 Å². The van der Waals surface area contributed by atoms with Crippen LogP contribution in [-0.4, -0.2) is 16.6 Å². The smallest absolute Gasteiger partial charge is 0.230 e. The zero-order chi connectivity index (χ0) is 13.7. The Morgan fingerprint density at radius 3 is 3.00 bits per heavy atom. The summed E-state index contributed by atoms with van der Waals surface area (Å²) in [4.78, 5) is 17.1. The fourth-order valence-corrected chi connectivity index (χ4v) is 2.90. The quantitative estimate of drug-likeness (QED) is 0.832. The average molecular weight is 293 g/mol. The van der Waals surface area contributed by atoms with Crippen molar-refractivity contribution in [3.63, 3.8) is 0 Å². The van der Waals surface area contributed by atoms with Crippen molar-refractivity contribution in [2.45, 2.75) is 18.0 Å². The van der Waals surface area contributed by atoms with Crippen LogP contribution >= 0.6 is 23.1 Å². The summed E-state index contributed by atoms with van der Waals surface area (Å²) in [5.41, 5.74) is 6.18. The topological polar surface area (TPSA) is 68.0 Å². The van der Waals surface area contributed by atoms with Gasteiger partial charge in [-0.2, -0.15) is 0 Å². The SMILES string of the molecule is CC(NC(=O)CSc1ccc(N)cn1)c1cccs1. The molecule has 19 heavy (non-hydrogen) atoms. The third-order valence-corrected chi connectivity index (χ3v) is 4.46. The van der Waals surface area contributed by atoms with Crippen LogP contribution in [0.5, 0.6) is 0 Å². The first-order valence-corrected chi connectivity index (χ1v) is 7.69. The minimum Gasteiger partial charge on any atom is -0.397 e. The van der Waals surface area contributed by atoms with Gasteiger partial charge in [-0.15, -0.1) is 11.3 Å². The number of amides is 1. The van der Waals surface area contributed by atoms with Gasteiger partial charge in [0.15, 0.2) is 0 Å². The molecule has 0 radical (unpaired) electrons. The number of thiophene rings is 1. The molecule has 2 heterocycles. The number of carbonyl (C=O) groups excluding carboxylic acids is 1. The van der Waals surface area contributed by atoms with Gasteiger partial charge in [-0.05, 0) is 30.5 Å². The molecular weight excluding hydrogens is 278 g/mol. The molecule has 0 bridgehead atoms. The van der Waals surface area contributed by atoms with Crippen molar-refractivity contribution in [3.05, 3.63) is 40.7 Å². The normalized spacial score (nSPS) is 12.1. The highest BCUT2D eigenvalue weighted by Crippen LogP contribution is 2.19. The number of anilines is 1. The molecule has 3 N–H and O–H groups in total. The fraction of sp³-hybridized carbons (Fsp3) is 0.231. The van der Waals surface area contributed by atoms with Crippen LogP contribution in [0, 0.1) is 0 Å². The van der Waals surface area contributed by atoms with Gasteiger partial charge in [0.2, 0.25) is 5.91 Å². The molecule has 6 heteroatoms. The van der Waals surface area contributed by atoms with Gasteiger partial charge in [0.05, 0.1) is 28.7 Å². The summed E-state index contributed by atoms with van der Waals surface area (Å²) in [5.74, 6) is 0.358. The monoisotopic (exact) mass is 293 g/mol. The Kier molecular flexibility index (Phi) is 4.81. The van der Waals surface area contributed by atoms with E-state index in [0.29, 0.717) is 11.4 Å². The lowest BCUT2D eigenvalue weighted by Crippen LogP contribution is -2.27. The van der Waals surface area contributed by atoms with E-state index in [-0.39, 0.29) is 11.9 Å². The van der Waals surface area contributed by atoms with Crippen LogP contribution < -0.4 is 11.1 Å². The summed E-state index contributed by atoms with van der Waals surface area (Å²) in [5, 5.41) is 5.77. The Labute approximate surface area is 120 Å². The summed E-state index contributed by atoms with van der Waals surface area (Å²) >= 11 is 3.04. The number of hydrogen-bond donors (Lipinski definition) is 2. The van der Waals surface area contributed by atoms with Gasteiger partial charge < -0.3 is 11.1 Å². The second-order valence-electron chi connectivity index (χ2n) is 4.02. The predicted octanol–water partition coefficient (Wildman–Crippen LogP) is 2.69. The molecule has 0 aliphatic heterocycles. The van der Waals surface area contributed by atoms with Gasteiger partial charge in [0.25, 0.3) is 0 Å². The van der Waals surface area contributed by atoms with Crippen LogP contribution in [0.25, 0.3) is 0 Å². The summed E-state index contributed by atoms with van der Waals surface area (Å²) in [6.45, 7) is 1.98. The molecule has 4 nitrogen and oxygen atoms in total. The number of nitrogens with zero attached hydrogens (tertiary/aromatic N) is 1. The zero-order valence-electron chi connectivity index (χ0n) is 10.5. The van der Waals surface area contributed by atoms with E-state index >= 15 is 0 Å². The molecule has 0 fully saturated rings. The van der Waals surface area contributed by atoms with Crippen LogP contribution in [0.1, 0.15) is 17.8 Å². The third-order valence-electron chi connectivity index (χ3n) is 2.46. The summed E-state index contributed by atoms with van der Waals surface area (Å²) in [6, 6.07) is 7.64. The largest absolute Gasteiger partial charge is 0.397 e. The minimum atomic E-state index is 0.00419. The molecule has 2 rings (SSSR count). The molecule has 1 unspecified atom stereocenters. The standard InChI is InChI=1S/C13H15N3OS2/c1-9(11-3-2-6-18-11)16-12(17)8-19-13-5-4-10(14)7-15-13/h2-7,9H,8,14H2,1H3,(H,16,17). The van der Waals surface area contributed by atoms with Crippen molar-refractivity contribution in [1.82, 2.24) is 10.3 Å². The molecule has 1 amide bonds. The van der Waals surface area contributed by atoms with Crippen LogP contribution in [0.15, 0.2) is 40.9 Å². The van der Waals surface area contributed by atoms with Gasteiger partial charge in [0, 0.05) is 4.88 Å². The molecule has 0 aliphatic rings. The van der Waals surface area contributed by atoms with E-state index in [1.807, 2.05) is 30.5 Å². The number of nitrogens with one attached hydrogen (secondary N) is 1. The van der Waals surface area contributed by atoms with Crippen molar-refractivity contribution in [2.24, 2.45) is 0 Å². The summed E-state index contributed by atoms with van der Waals surface area (Å²) in [7, 11) is 0. The van der Waals surface area contributed by atoms with Gasteiger partial charge >= 0.3 is 0 Å². The number of pyridine rings is 1. The Morgan fingerprint density at radius 1 is 1.53 bits per heavy atom. The van der Waals surface area contributed by atoms with E-state index in [0.717, 1.165) is 9.90 Å². The molecule has 0 spiro atoms. The van der Waals surface area contributed by atoms with Crippen molar-refractivity contribution in [3.8, 4) is 0 Å². The number of nitrogens with two attached hydrogens (primary N) is 1. The van der Waals surface area contributed by atoms with Gasteiger partial charge in [0.1, 0.15) is 0 Å². The molecule has 0 aromatic carbocycles. The van der Waals surface area contributed by atoms with E-state index in [4.69, 9.17) is 5.73 Å². The highest BCUT2D eigenvalue weighted by molar-refractivity contribution is 7.99. The Balaban J connectivity index is 1.80. The van der Waals surface area contributed by atoms with Crippen LogP contribution in [0.3, 0.4) is 0 Å². The first-order chi connectivity index (χ1) is 9.15.